The molecular weight excluding hydrogens is 361 g/mol. The van der Waals surface area contributed by atoms with Crippen LogP contribution >= 0.6 is 0 Å². The summed E-state index contributed by atoms with van der Waals surface area (Å²) in [6, 6.07) is 36.1. The molecule has 0 heterocycles. The third-order valence-electron chi connectivity index (χ3n) is 4.58. The van der Waals surface area contributed by atoms with Gasteiger partial charge in [0.2, 0.25) is 0 Å². The number of rotatable bonds is 6. The molecule has 0 aliphatic heterocycles. The van der Waals surface area contributed by atoms with Crippen molar-refractivity contribution in [1.82, 2.24) is 0 Å². The zero-order valence-corrected chi connectivity index (χ0v) is 15.7. The third kappa shape index (κ3) is 4.49. The van der Waals surface area contributed by atoms with Gasteiger partial charge in [-0.15, -0.1) is 0 Å². The van der Waals surface area contributed by atoms with Gasteiger partial charge in [0, 0.05) is 17.1 Å². The molecule has 0 spiro atoms. The predicted octanol–water partition coefficient (Wildman–Crippen LogP) is 5.17. The highest BCUT2D eigenvalue weighted by Gasteiger charge is 2.13. The van der Waals surface area contributed by atoms with Crippen LogP contribution in [0.5, 0.6) is 5.75 Å². The first-order valence-electron chi connectivity index (χ1n) is 9.34. The van der Waals surface area contributed by atoms with Crippen molar-refractivity contribution in [2.24, 2.45) is 0 Å². The molecule has 0 saturated carbocycles. The van der Waals surface area contributed by atoms with Crippen LogP contribution in [-0.2, 0) is 0 Å². The van der Waals surface area contributed by atoms with Gasteiger partial charge in [-0.05, 0) is 59.7 Å². The second kappa shape index (κ2) is 8.65. The molecule has 5 heteroatoms. The summed E-state index contributed by atoms with van der Waals surface area (Å²) in [6.07, 6.45) is 0. The Morgan fingerprint density at radius 2 is 0.931 bits per heavy atom. The zero-order valence-electron chi connectivity index (χ0n) is 15.7. The van der Waals surface area contributed by atoms with Crippen molar-refractivity contribution in [3.63, 3.8) is 0 Å². The van der Waals surface area contributed by atoms with Gasteiger partial charge in [0.1, 0.15) is 5.75 Å². The van der Waals surface area contributed by atoms with E-state index in [1.54, 1.807) is 12.1 Å². The number of anilines is 3. The Morgan fingerprint density at radius 1 is 0.517 bits per heavy atom. The van der Waals surface area contributed by atoms with E-state index < -0.39 is 7.32 Å². The molecule has 29 heavy (non-hydrogen) atoms. The number of benzene rings is 4. The summed E-state index contributed by atoms with van der Waals surface area (Å²) < 4.78 is 4.86. The summed E-state index contributed by atoms with van der Waals surface area (Å²) in [5.41, 5.74) is 5.33. The van der Waals surface area contributed by atoms with Crippen LogP contribution in [0.25, 0.3) is 11.1 Å². The quantitative estimate of drug-likeness (QED) is 0.453. The highest BCUT2D eigenvalue weighted by molar-refractivity contribution is 6.33. The van der Waals surface area contributed by atoms with E-state index in [9.17, 15) is 0 Å². The van der Waals surface area contributed by atoms with Crippen molar-refractivity contribution in [1.29, 1.82) is 0 Å². The van der Waals surface area contributed by atoms with Gasteiger partial charge in [0.25, 0.3) is 0 Å². The molecular formula is C24H20BNO3. The van der Waals surface area contributed by atoms with Crippen LogP contribution < -0.4 is 9.55 Å². The summed E-state index contributed by atoms with van der Waals surface area (Å²) >= 11 is 0. The van der Waals surface area contributed by atoms with Gasteiger partial charge in [-0.3, -0.25) is 0 Å². The summed E-state index contributed by atoms with van der Waals surface area (Å²) in [5.74, 6) is 0.403. The molecule has 0 saturated heterocycles. The second-order valence-electron chi connectivity index (χ2n) is 6.52. The second-order valence-corrected chi connectivity index (χ2v) is 6.52. The minimum absolute atomic E-state index is 0.403. The SMILES string of the molecule is OB(O)Oc1ccc(-c2ccc(N(c3ccccc3)c3ccccc3)cc2)cc1. The molecule has 0 fully saturated rings. The monoisotopic (exact) mass is 381 g/mol. The number of nitrogens with zero attached hydrogens (tertiary/aromatic N) is 1. The fraction of sp³-hybridized carbons (Fsp3) is 0. The number of hydrogen-bond acceptors (Lipinski definition) is 4. The van der Waals surface area contributed by atoms with E-state index in [1.807, 2.05) is 48.5 Å². The lowest BCUT2D eigenvalue weighted by Gasteiger charge is -2.25. The van der Waals surface area contributed by atoms with Gasteiger partial charge >= 0.3 is 7.32 Å². The van der Waals surface area contributed by atoms with Gasteiger partial charge < -0.3 is 19.6 Å². The molecule has 2 N–H and O–H groups in total. The first-order valence-corrected chi connectivity index (χ1v) is 9.34. The lowest BCUT2D eigenvalue weighted by Crippen LogP contribution is -2.20. The van der Waals surface area contributed by atoms with E-state index >= 15 is 0 Å². The van der Waals surface area contributed by atoms with Gasteiger partial charge in [-0.2, -0.15) is 0 Å². The van der Waals surface area contributed by atoms with Crippen molar-refractivity contribution < 1.29 is 14.7 Å². The molecule has 0 atom stereocenters. The van der Waals surface area contributed by atoms with Gasteiger partial charge in [0.15, 0.2) is 0 Å². The maximum atomic E-state index is 8.89. The molecule has 0 bridgehead atoms. The van der Waals surface area contributed by atoms with Gasteiger partial charge in [-0.1, -0.05) is 60.7 Å². The van der Waals surface area contributed by atoms with Gasteiger partial charge in [-0.25, -0.2) is 0 Å². The topological polar surface area (TPSA) is 52.9 Å². The van der Waals surface area contributed by atoms with Crippen LogP contribution in [0.4, 0.5) is 17.1 Å². The molecule has 4 nitrogen and oxygen atoms in total. The zero-order chi connectivity index (χ0) is 20.1. The largest absolute Gasteiger partial charge is 0.707 e. The van der Waals surface area contributed by atoms with Crippen molar-refractivity contribution >= 4 is 24.4 Å². The van der Waals surface area contributed by atoms with E-state index in [-0.39, 0.29) is 0 Å². The summed E-state index contributed by atoms with van der Waals surface area (Å²) in [4.78, 5) is 2.21. The Balaban J connectivity index is 1.64. The van der Waals surface area contributed by atoms with Crippen LogP contribution in [0.1, 0.15) is 0 Å². The van der Waals surface area contributed by atoms with Crippen molar-refractivity contribution in [3.8, 4) is 16.9 Å². The fourth-order valence-electron chi connectivity index (χ4n) is 3.25. The average Bonchev–Trinajstić information content (AvgIpc) is 2.76. The molecule has 4 rings (SSSR count). The average molecular weight is 381 g/mol. The first-order chi connectivity index (χ1) is 14.2. The molecule has 142 valence electrons. The molecule has 0 aromatic heterocycles. The van der Waals surface area contributed by atoms with Crippen molar-refractivity contribution in [2.45, 2.75) is 0 Å². The Labute approximate surface area is 170 Å². The molecule has 0 amide bonds. The smallest absolute Gasteiger partial charge is 0.512 e. The summed E-state index contributed by atoms with van der Waals surface area (Å²) in [5, 5.41) is 17.8. The lowest BCUT2D eigenvalue weighted by atomic mass is 10.0. The Kier molecular flexibility index (Phi) is 5.61. The van der Waals surface area contributed by atoms with Gasteiger partial charge in [0.05, 0.1) is 0 Å². The minimum atomic E-state index is -1.82. The first kappa shape index (κ1) is 18.8. The molecule has 0 aliphatic carbocycles. The Morgan fingerprint density at radius 3 is 1.38 bits per heavy atom. The normalized spacial score (nSPS) is 10.4. The maximum absolute atomic E-state index is 8.89. The van der Waals surface area contributed by atoms with E-state index in [0.717, 1.165) is 28.2 Å². The summed E-state index contributed by atoms with van der Waals surface area (Å²) in [6.45, 7) is 0. The van der Waals surface area contributed by atoms with Crippen LogP contribution in [0, 0.1) is 0 Å². The standard InChI is InChI=1S/C24H20BNO3/c27-25(28)29-24-17-13-20(14-18-24)19-11-15-23(16-12-19)26(21-7-3-1-4-8-21)22-9-5-2-6-10-22/h1-18,27-28H. The summed E-state index contributed by atoms with van der Waals surface area (Å²) in [7, 11) is -1.82. The van der Waals surface area contributed by atoms with Crippen LogP contribution in [0.3, 0.4) is 0 Å². The Hall–Kier alpha value is -3.54. The molecule has 0 aliphatic rings. The number of hydrogen-bond donors (Lipinski definition) is 2. The highest BCUT2D eigenvalue weighted by Crippen LogP contribution is 2.35. The lowest BCUT2D eigenvalue weighted by molar-refractivity contribution is 0.288. The highest BCUT2D eigenvalue weighted by atomic mass is 16.6. The predicted molar refractivity (Wildman–Crippen MR) is 117 cm³/mol. The minimum Gasteiger partial charge on any atom is -0.512 e. The fourth-order valence-corrected chi connectivity index (χ4v) is 3.25. The van der Waals surface area contributed by atoms with Crippen LogP contribution in [0.2, 0.25) is 0 Å². The maximum Gasteiger partial charge on any atom is 0.707 e. The molecule has 0 radical (unpaired) electrons. The molecule has 4 aromatic rings. The number of para-hydroxylation sites is 2. The van der Waals surface area contributed by atoms with Crippen molar-refractivity contribution in [2.75, 3.05) is 4.90 Å². The third-order valence-corrected chi connectivity index (χ3v) is 4.58. The van der Waals surface area contributed by atoms with Crippen LogP contribution in [-0.4, -0.2) is 17.4 Å². The Bertz CT molecular complexity index is 997. The van der Waals surface area contributed by atoms with Crippen molar-refractivity contribution in [3.05, 3.63) is 109 Å². The van der Waals surface area contributed by atoms with E-state index in [1.165, 1.54) is 0 Å². The van der Waals surface area contributed by atoms with E-state index in [0.29, 0.717) is 5.75 Å². The van der Waals surface area contributed by atoms with Crippen LogP contribution in [0.15, 0.2) is 109 Å². The van der Waals surface area contributed by atoms with E-state index in [4.69, 9.17) is 14.7 Å². The molecule has 0 unspecified atom stereocenters. The van der Waals surface area contributed by atoms with E-state index in [2.05, 4.69) is 53.4 Å². The molecule has 4 aromatic carbocycles.